The Kier molecular flexibility index (Phi) is 10.2. The van der Waals surface area contributed by atoms with E-state index in [1.165, 1.54) is 23.1 Å². The van der Waals surface area contributed by atoms with Crippen molar-refractivity contribution < 1.29 is 22.4 Å². The SMILES string of the molecule is O=C(NC1CCCCC1)C(c1ccccc1Cl)N(C(=O)[C@@H]1CCCN1S(=O)(=O)NCCCl)c1cccc(F)c1. The molecular formula is C27H33Cl2FN4O4S. The van der Waals surface area contributed by atoms with E-state index in [1.807, 2.05) is 0 Å². The Bertz CT molecular complexity index is 1280. The predicted octanol–water partition coefficient (Wildman–Crippen LogP) is 4.54. The van der Waals surface area contributed by atoms with Crippen LogP contribution in [0, 0.1) is 5.82 Å². The average Bonchev–Trinajstić information content (AvgIpc) is 3.43. The van der Waals surface area contributed by atoms with Crippen molar-refractivity contribution >= 4 is 50.9 Å². The molecule has 1 saturated heterocycles. The second kappa shape index (κ2) is 13.4. The standard InChI is InChI=1S/C27H33Cl2FN4O4S/c28-15-16-31-39(37,38)33-17-7-14-24(33)27(36)34(21-11-6-8-19(30)18-21)25(22-12-4-5-13-23(22)29)26(35)32-20-9-2-1-3-10-20/h4-6,8,11-13,18,20,24-25,31H,1-3,7,9-10,14-17H2,(H,32,35)/t24-,25?/m0/s1. The van der Waals surface area contributed by atoms with Crippen LogP contribution in [0.25, 0.3) is 0 Å². The maximum Gasteiger partial charge on any atom is 0.280 e. The Balaban J connectivity index is 1.79. The van der Waals surface area contributed by atoms with Crippen molar-refractivity contribution in [2.24, 2.45) is 0 Å². The van der Waals surface area contributed by atoms with Crippen molar-refractivity contribution in [2.75, 3.05) is 23.9 Å². The molecule has 2 N–H and O–H groups in total. The van der Waals surface area contributed by atoms with Gasteiger partial charge in [0.25, 0.3) is 10.2 Å². The van der Waals surface area contributed by atoms with Gasteiger partial charge in [0.15, 0.2) is 0 Å². The zero-order valence-electron chi connectivity index (χ0n) is 21.5. The summed E-state index contributed by atoms with van der Waals surface area (Å²) in [5, 5.41) is 3.34. The fraction of sp³-hybridized carbons (Fsp3) is 0.481. The summed E-state index contributed by atoms with van der Waals surface area (Å²) in [5.74, 6) is -1.63. The maximum atomic E-state index is 14.5. The molecule has 39 heavy (non-hydrogen) atoms. The van der Waals surface area contributed by atoms with Crippen molar-refractivity contribution in [3.05, 3.63) is 64.9 Å². The lowest BCUT2D eigenvalue weighted by Gasteiger charge is -2.36. The molecule has 1 aliphatic heterocycles. The van der Waals surface area contributed by atoms with Gasteiger partial charge in [-0.25, -0.2) is 9.11 Å². The molecule has 1 aliphatic carbocycles. The molecule has 1 unspecified atom stereocenters. The van der Waals surface area contributed by atoms with E-state index in [1.54, 1.807) is 24.3 Å². The highest BCUT2D eigenvalue weighted by molar-refractivity contribution is 7.87. The van der Waals surface area contributed by atoms with Crippen LogP contribution in [0.1, 0.15) is 56.6 Å². The molecule has 2 aromatic rings. The van der Waals surface area contributed by atoms with Crippen molar-refractivity contribution in [2.45, 2.75) is 63.1 Å². The van der Waals surface area contributed by atoms with Crippen molar-refractivity contribution in [3.63, 3.8) is 0 Å². The van der Waals surface area contributed by atoms with Gasteiger partial charge in [-0.3, -0.25) is 14.5 Å². The van der Waals surface area contributed by atoms with Crippen LogP contribution in [0.15, 0.2) is 48.5 Å². The first-order valence-corrected chi connectivity index (χ1v) is 15.5. The van der Waals surface area contributed by atoms with Crippen LogP contribution in [-0.4, -0.2) is 55.6 Å². The van der Waals surface area contributed by atoms with Crippen LogP contribution < -0.4 is 14.9 Å². The molecule has 1 saturated carbocycles. The van der Waals surface area contributed by atoms with Gasteiger partial charge in [0, 0.05) is 41.3 Å². The van der Waals surface area contributed by atoms with Crippen molar-refractivity contribution in [3.8, 4) is 0 Å². The third kappa shape index (κ3) is 7.10. The molecule has 12 heteroatoms. The number of nitrogens with one attached hydrogen (secondary N) is 2. The summed E-state index contributed by atoms with van der Waals surface area (Å²) >= 11 is 12.3. The van der Waals surface area contributed by atoms with Gasteiger partial charge in [0.1, 0.15) is 17.9 Å². The maximum absolute atomic E-state index is 14.5. The summed E-state index contributed by atoms with van der Waals surface area (Å²) in [7, 11) is -4.03. The van der Waals surface area contributed by atoms with Crippen LogP contribution in [0.2, 0.25) is 5.02 Å². The van der Waals surface area contributed by atoms with E-state index in [-0.39, 0.29) is 42.1 Å². The molecule has 212 valence electrons. The molecule has 2 aliphatic rings. The van der Waals surface area contributed by atoms with Gasteiger partial charge < -0.3 is 5.32 Å². The van der Waals surface area contributed by atoms with E-state index in [0.717, 1.165) is 42.5 Å². The van der Waals surface area contributed by atoms with E-state index in [4.69, 9.17) is 23.2 Å². The van der Waals surface area contributed by atoms with Crippen LogP contribution in [0.5, 0.6) is 0 Å². The van der Waals surface area contributed by atoms with Gasteiger partial charge in [-0.15, -0.1) is 11.6 Å². The lowest BCUT2D eigenvalue weighted by atomic mass is 9.94. The smallest absolute Gasteiger partial charge is 0.280 e. The second-order valence-electron chi connectivity index (χ2n) is 9.81. The van der Waals surface area contributed by atoms with Crippen LogP contribution in [-0.2, 0) is 19.8 Å². The number of carbonyl (C=O) groups is 2. The number of hydrogen-bond donors (Lipinski definition) is 2. The van der Waals surface area contributed by atoms with Crippen LogP contribution >= 0.6 is 23.2 Å². The largest absolute Gasteiger partial charge is 0.351 e. The van der Waals surface area contributed by atoms with E-state index >= 15 is 0 Å². The summed E-state index contributed by atoms with van der Waals surface area (Å²) in [6, 6.07) is 9.64. The minimum absolute atomic E-state index is 0.000945. The average molecular weight is 600 g/mol. The molecule has 2 atom stereocenters. The normalized spacial score (nSPS) is 19.5. The number of hydrogen-bond acceptors (Lipinski definition) is 4. The van der Waals surface area contributed by atoms with Gasteiger partial charge in [-0.05, 0) is 49.9 Å². The second-order valence-corrected chi connectivity index (χ2v) is 12.3. The highest BCUT2D eigenvalue weighted by Gasteiger charge is 2.44. The number of benzene rings is 2. The van der Waals surface area contributed by atoms with Crippen molar-refractivity contribution in [1.82, 2.24) is 14.3 Å². The lowest BCUT2D eigenvalue weighted by Crippen LogP contribution is -2.54. The molecule has 2 amide bonds. The number of alkyl halides is 1. The predicted molar refractivity (Wildman–Crippen MR) is 150 cm³/mol. The van der Waals surface area contributed by atoms with Gasteiger partial charge in [0.05, 0.1) is 0 Å². The summed E-state index contributed by atoms with van der Waals surface area (Å²) in [5.41, 5.74) is 0.486. The lowest BCUT2D eigenvalue weighted by molar-refractivity contribution is -0.128. The first-order chi connectivity index (χ1) is 18.7. The molecule has 0 radical (unpaired) electrons. The third-order valence-corrected chi connectivity index (χ3v) is 9.31. The zero-order valence-corrected chi connectivity index (χ0v) is 23.8. The number of nitrogens with zero attached hydrogens (tertiary/aromatic N) is 2. The highest BCUT2D eigenvalue weighted by atomic mass is 35.5. The molecular weight excluding hydrogens is 566 g/mol. The molecule has 2 aromatic carbocycles. The first kappa shape index (κ1) is 29.7. The summed E-state index contributed by atoms with van der Waals surface area (Å²) < 4.78 is 44.1. The Morgan fingerprint density at radius 2 is 1.79 bits per heavy atom. The van der Waals surface area contributed by atoms with E-state index < -0.39 is 39.9 Å². The molecule has 0 bridgehead atoms. The molecule has 2 fully saturated rings. The van der Waals surface area contributed by atoms with E-state index in [0.29, 0.717) is 12.0 Å². The van der Waals surface area contributed by atoms with Gasteiger partial charge in [0.2, 0.25) is 11.8 Å². The molecule has 4 rings (SSSR count). The monoisotopic (exact) mass is 598 g/mol. The number of halogens is 3. The van der Waals surface area contributed by atoms with Crippen LogP contribution in [0.3, 0.4) is 0 Å². The van der Waals surface area contributed by atoms with E-state index in [9.17, 15) is 22.4 Å². The zero-order chi connectivity index (χ0) is 28.0. The van der Waals surface area contributed by atoms with Crippen molar-refractivity contribution in [1.29, 1.82) is 0 Å². The minimum atomic E-state index is -4.03. The van der Waals surface area contributed by atoms with Gasteiger partial charge in [-0.1, -0.05) is 55.1 Å². The van der Waals surface area contributed by atoms with E-state index in [2.05, 4.69) is 10.0 Å². The Morgan fingerprint density at radius 3 is 2.49 bits per heavy atom. The first-order valence-electron chi connectivity index (χ1n) is 13.2. The van der Waals surface area contributed by atoms with Crippen LogP contribution in [0.4, 0.5) is 10.1 Å². The number of amides is 2. The Labute approximate surface area is 239 Å². The summed E-state index contributed by atoms with van der Waals surface area (Å²) in [6.07, 6.45) is 5.38. The van der Waals surface area contributed by atoms with Gasteiger partial charge in [-0.2, -0.15) is 12.7 Å². The minimum Gasteiger partial charge on any atom is -0.351 e. The third-order valence-electron chi connectivity index (χ3n) is 7.16. The molecule has 1 heterocycles. The Hall–Kier alpha value is -2.24. The fourth-order valence-electron chi connectivity index (χ4n) is 5.34. The molecule has 0 aromatic heterocycles. The number of anilines is 1. The number of carbonyl (C=O) groups excluding carboxylic acids is 2. The Morgan fingerprint density at radius 1 is 1.05 bits per heavy atom. The number of rotatable bonds is 10. The molecule has 8 nitrogen and oxygen atoms in total. The molecule has 0 spiro atoms. The topological polar surface area (TPSA) is 98.8 Å². The summed E-state index contributed by atoms with van der Waals surface area (Å²) in [4.78, 5) is 29.5. The summed E-state index contributed by atoms with van der Waals surface area (Å²) in [6.45, 7) is 0.122. The quantitative estimate of drug-likeness (QED) is 0.392. The van der Waals surface area contributed by atoms with Gasteiger partial charge >= 0.3 is 0 Å². The highest BCUT2D eigenvalue weighted by Crippen LogP contribution is 2.35. The fourth-order valence-corrected chi connectivity index (χ4v) is 7.21.